The Bertz CT molecular complexity index is 1150. The van der Waals surface area contributed by atoms with Crippen molar-refractivity contribution in [2.75, 3.05) is 25.0 Å². The summed E-state index contributed by atoms with van der Waals surface area (Å²) in [5.74, 6) is 0.637. The van der Waals surface area contributed by atoms with Crippen molar-refractivity contribution in [3.63, 3.8) is 0 Å². The van der Waals surface area contributed by atoms with Gasteiger partial charge in [0.15, 0.2) is 6.61 Å². The summed E-state index contributed by atoms with van der Waals surface area (Å²) in [6.07, 6.45) is 2.19. The van der Waals surface area contributed by atoms with Crippen molar-refractivity contribution in [1.29, 1.82) is 0 Å². The van der Waals surface area contributed by atoms with E-state index in [4.69, 9.17) is 9.15 Å². The summed E-state index contributed by atoms with van der Waals surface area (Å²) < 4.78 is 10.6. The number of carbonyl (C=O) groups is 2. The van der Waals surface area contributed by atoms with E-state index in [1.54, 1.807) is 48.5 Å². The second-order valence-corrected chi connectivity index (χ2v) is 7.87. The standard InChI is InChI=1S/C24H24N2O5/c1-16-3-2-12-26(14-16)24(29)18-4-8-19(9-5-18)25-22(27)15-30-20-10-6-17-7-11-23(28)31-21(17)13-20/h4-11,13,16H,2-3,12,14-15H2,1H3,(H,25,27). The van der Waals surface area contributed by atoms with Gasteiger partial charge in [-0.25, -0.2) is 4.79 Å². The number of benzene rings is 2. The van der Waals surface area contributed by atoms with Crippen molar-refractivity contribution >= 4 is 28.5 Å². The van der Waals surface area contributed by atoms with E-state index in [-0.39, 0.29) is 18.4 Å². The summed E-state index contributed by atoms with van der Waals surface area (Å²) in [5, 5.41) is 3.52. The fourth-order valence-corrected chi connectivity index (χ4v) is 3.73. The number of fused-ring (bicyclic) bond motifs is 1. The van der Waals surface area contributed by atoms with Gasteiger partial charge in [-0.1, -0.05) is 6.92 Å². The summed E-state index contributed by atoms with van der Waals surface area (Å²) in [6, 6.07) is 14.9. The molecule has 1 N–H and O–H groups in total. The van der Waals surface area contributed by atoms with Crippen LogP contribution in [-0.2, 0) is 4.79 Å². The fourth-order valence-electron chi connectivity index (χ4n) is 3.73. The maximum absolute atomic E-state index is 12.6. The van der Waals surface area contributed by atoms with Gasteiger partial charge < -0.3 is 19.4 Å². The number of hydrogen-bond donors (Lipinski definition) is 1. The molecule has 1 aliphatic heterocycles. The SMILES string of the molecule is CC1CCCN(C(=O)c2ccc(NC(=O)COc3ccc4ccc(=O)oc4c3)cc2)C1. The molecule has 2 heterocycles. The van der Waals surface area contributed by atoms with Gasteiger partial charge in [0.05, 0.1) is 0 Å². The summed E-state index contributed by atoms with van der Waals surface area (Å²) in [7, 11) is 0. The highest BCUT2D eigenvalue weighted by atomic mass is 16.5. The van der Waals surface area contributed by atoms with Crippen molar-refractivity contribution in [3.8, 4) is 5.75 Å². The minimum Gasteiger partial charge on any atom is -0.484 e. The van der Waals surface area contributed by atoms with E-state index in [2.05, 4.69) is 12.2 Å². The van der Waals surface area contributed by atoms with Crippen molar-refractivity contribution in [3.05, 3.63) is 70.6 Å². The molecule has 2 aromatic carbocycles. The Morgan fingerprint density at radius 2 is 1.90 bits per heavy atom. The Balaban J connectivity index is 1.32. The zero-order valence-corrected chi connectivity index (χ0v) is 17.3. The van der Waals surface area contributed by atoms with E-state index in [1.165, 1.54) is 6.07 Å². The van der Waals surface area contributed by atoms with Crippen LogP contribution in [0.25, 0.3) is 11.0 Å². The molecular formula is C24H24N2O5. The number of hydrogen-bond acceptors (Lipinski definition) is 5. The Morgan fingerprint density at radius 1 is 1.13 bits per heavy atom. The van der Waals surface area contributed by atoms with Crippen LogP contribution in [0, 0.1) is 5.92 Å². The minimum absolute atomic E-state index is 0.0238. The zero-order chi connectivity index (χ0) is 21.8. The van der Waals surface area contributed by atoms with Crippen LogP contribution in [-0.4, -0.2) is 36.4 Å². The summed E-state index contributed by atoms with van der Waals surface area (Å²) in [6.45, 7) is 3.53. The highest BCUT2D eigenvalue weighted by molar-refractivity contribution is 5.96. The van der Waals surface area contributed by atoms with Gasteiger partial charge in [0, 0.05) is 41.9 Å². The fraction of sp³-hybridized carbons (Fsp3) is 0.292. The highest BCUT2D eigenvalue weighted by Gasteiger charge is 2.21. The smallest absolute Gasteiger partial charge is 0.336 e. The first-order valence-corrected chi connectivity index (χ1v) is 10.3. The zero-order valence-electron chi connectivity index (χ0n) is 17.3. The lowest BCUT2D eigenvalue weighted by atomic mass is 9.99. The van der Waals surface area contributed by atoms with Crippen LogP contribution in [0.4, 0.5) is 5.69 Å². The summed E-state index contributed by atoms with van der Waals surface area (Å²) in [4.78, 5) is 38.1. The largest absolute Gasteiger partial charge is 0.484 e. The lowest BCUT2D eigenvalue weighted by Crippen LogP contribution is -2.39. The van der Waals surface area contributed by atoms with Crippen molar-refractivity contribution in [2.24, 2.45) is 5.92 Å². The minimum atomic E-state index is -0.445. The van der Waals surface area contributed by atoms with Crippen LogP contribution in [0.1, 0.15) is 30.1 Å². The molecule has 31 heavy (non-hydrogen) atoms. The van der Waals surface area contributed by atoms with Crippen molar-refractivity contribution in [1.82, 2.24) is 4.90 Å². The molecule has 4 rings (SSSR count). The molecule has 0 aliphatic carbocycles. The Labute approximate surface area is 179 Å². The average Bonchev–Trinajstić information content (AvgIpc) is 2.77. The van der Waals surface area contributed by atoms with Crippen LogP contribution >= 0.6 is 0 Å². The molecule has 7 heteroatoms. The molecule has 0 bridgehead atoms. The summed E-state index contributed by atoms with van der Waals surface area (Å²) >= 11 is 0. The highest BCUT2D eigenvalue weighted by Crippen LogP contribution is 2.20. The van der Waals surface area contributed by atoms with E-state index in [9.17, 15) is 14.4 Å². The lowest BCUT2D eigenvalue weighted by molar-refractivity contribution is -0.118. The molecule has 7 nitrogen and oxygen atoms in total. The first kappa shape index (κ1) is 20.7. The van der Waals surface area contributed by atoms with Crippen LogP contribution < -0.4 is 15.7 Å². The number of ether oxygens (including phenoxy) is 1. The van der Waals surface area contributed by atoms with Crippen LogP contribution in [0.5, 0.6) is 5.75 Å². The van der Waals surface area contributed by atoms with Gasteiger partial charge in [-0.15, -0.1) is 0 Å². The Hall–Kier alpha value is -3.61. The molecule has 0 spiro atoms. The van der Waals surface area contributed by atoms with Gasteiger partial charge in [-0.2, -0.15) is 0 Å². The van der Waals surface area contributed by atoms with Crippen molar-refractivity contribution in [2.45, 2.75) is 19.8 Å². The molecule has 1 saturated heterocycles. The van der Waals surface area contributed by atoms with E-state index in [0.717, 1.165) is 31.3 Å². The Kier molecular flexibility index (Phi) is 6.02. The molecule has 1 atom stereocenters. The number of likely N-dealkylation sites (tertiary alicyclic amines) is 1. The predicted octanol–water partition coefficient (Wildman–Crippen LogP) is 3.68. The van der Waals surface area contributed by atoms with E-state index in [0.29, 0.717) is 28.5 Å². The number of rotatable bonds is 5. The summed E-state index contributed by atoms with van der Waals surface area (Å²) in [5.41, 5.74) is 1.15. The van der Waals surface area contributed by atoms with Crippen LogP contribution in [0.3, 0.4) is 0 Å². The third kappa shape index (κ3) is 5.12. The maximum atomic E-state index is 12.6. The van der Waals surface area contributed by atoms with Crippen molar-refractivity contribution < 1.29 is 18.7 Å². The molecule has 2 amide bonds. The second-order valence-electron chi connectivity index (χ2n) is 7.87. The average molecular weight is 420 g/mol. The first-order valence-electron chi connectivity index (χ1n) is 10.3. The Morgan fingerprint density at radius 3 is 2.68 bits per heavy atom. The number of amides is 2. The van der Waals surface area contributed by atoms with Crippen LogP contribution in [0.2, 0.25) is 0 Å². The normalized spacial score (nSPS) is 16.2. The third-order valence-corrected chi connectivity index (χ3v) is 5.32. The van der Waals surface area contributed by atoms with Gasteiger partial charge in [0.2, 0.25) is 0 Å². The van der Waals surface area contributed by atoms with E-state index < -0.39 is 5.63 Å². The molecule has 0 radical (unpaired) electrons. The third-order valence-electron chi connectivity index (χ3n) is 5.32. The monoisotopic (exact) mass is 420 g/mol. The van der Waals surface area contributed by atoms with Gasteiger partial charge >= 0.3 is 5.63 Å². The molecule has 3 aromatic rings. The first-order chi connectivity index (χ1) is 15.0. The second kappa shape index (κ2) is 9.04. The van der Waals surface area contributed by atoms with Gasteiger partial charge in [0.25, 0.3) is 11.8 Å². The molecule has 1 aliphatic rings. The molecule has 1 unspecified atom stereocenters. The molecular weight excluding hydrogens is 396 g/mol. The van der Waals surface area contributed by atoms with Gasteiger partial charge in [-0.05, 0) is 61.2 Å². The molecule has 0 saturated carbocycles. The predicted molar refractivity (Wildman–Crippen MR) is 117 cm³/mol. The van der Waals surface area contributed by atoms with E-state index in [1.807, 2.05) is 4.90 Å². The molecule has 1 fully saturated rings. The number of anilines is 1. The number of nitrogens with zero attached hydrogens (tertiary/aromatic N) is 1. The number of piperidine rings is 1. The van der Waals surface area contributed by atoms with E-state index >= 15 is 0 Å². The maximum Gasteiger partial charge on any atom is 0.336 e. The quantitative estimate of drug-likeness (QED) is 0.636. The molecule has 160 valence electrons. The van der Waals surface area contributed by atoms with Crippen LogP contribution in [0.15, 0.2) is 63.8 Å². The topological polar surface area (TPSA) is 88.9 Å². The molecule has 1 aromatic heterocycles. The number of carbonyl (C=O) groups excluding carboxylic acids is 2. The lowest BCUT2D eigenvalue weighted by Gasteiger charge is -2.31. The van der Waals surface area contributed by atoms with Gasteiger partial charge in [0.1, 0.15) is 11.3 Å². The van der Waals surface area contributed by atoms with Gasteiger partial charge in [-0.3, -0.25) is 9.59 Å². The number of nitrogens with one attached hydrogen (secondary N) is 1.